The van der Waals surface area contributed by atoms with E-state index in [1.54, 1.807) is 24.3 Å². The highest BCUT2D eigenvalue weighted by Gasteiger charge is 2.36. The molecule has 0 saturated heterocycles. The van der Waals surface area contributed by atoms with Gasteiger partial charge >= 0.3 is 11.8 Å². The summed E-state index contributed by atoms with van der Waals surface area (Å²) in [7, 11) is 3.74. The minimum Gasteiger partial charge on any atom is -0.466 e. The Morgan fingerprint density at radius 2 is 2.00 bits per heavy atom. The molecule has 24 heavy (non-hydrogen) atoms. The average molecular weight is 351 g/mol. The third kappa shape index (κ3) is 4.44. The lowest BCUT2D eigenvalue weighted by Gasteiger charge is -2.25. The van der Waals surface area contributed by atoms with E-state index in [1.165, 1.54) is 17.6 Å². The molecule has 1 atom stereocenters. The number of hydrogen-bond acceptors (Lipinski definition) is 6. The van der Waals surface area contributed by atoms with Crippen molar-refractivity contribution < 1.29 is 19.1 Å². The molecule has 1 unspecified atom stereocenters. The molecule has 7 nitrogen and oxygen atoms in total. The lowest BCUT2D eigenvalue weighted by atomic mass is 9.98. The van der Waals surface area contributed by atoms with Gasteiger partial charge < -0.3 is 25.1 Å². The normalized spacial score (nSPS) is 13.5. The van der Waals surface area contributed by atoms with Crippen LogP contribution in [-0.4, -0.2) is 55.6 Å². The second-order valence-electron chi connectivity index (χ2n) is 5.56. The number of nitrogens with one attached hydrogen (secondary N) is 2. The Labute approximate surface area is 144 Å². The Balaban J connectivity index is 1.99. The molecule has 0 aliphatic carbocycles. The van der Waals surface area contributed by atoms with Gasteiger partial charge in [0, 0.05) is 18.0 Å². The molecule has 0 spiro atoms. The third-order valence-corrected chi connectivity index (χ3v) is 4.43. The first-order valence-corrected chi connectivity index (χ1v) is 8.32. The molecule has 0 bridgehead atoms. The van der Waals surface area contributed by atoms with E-state index in [2.05, 4.69) is 10.6 Å². The molecule has 0 saturated carbocycles. The molecule has 0 radical (unpaired) electrons. The van der Waals surface area contributed by atoms with E-state index in [0.717, 1.165) is 0 Å². The molecule has 2 aromatic rings. The SMILES string of the molecule is CN(C)CCNC(=O)C(=O)NCC(O)(c1ccco1)c1cccs1. The zero-order valence-corrected chi connectivity index (χ0v) is 14.4. The summed E-state index contributed by atoms with van der Waals surface area (Å²) in [6.45, 7) is 0.831. The van der Waals surface area contributed by atoms with Crippen LogP contribution in [0.4, 0.5) is 0 Å². The molecular formula is C16H21N3O4S. The average Bonchev–Trinajstić information content (AvgIpc) is 3.24. The fourth-order valence-corrected chi connectivity index (χ4v) is 2.91. The largest absolute Gasteiger partial charge is 0.466 e. The second-order valence-corrected chi connectivity index (χ2v) is 6.50. The topological polar surface area (TPSA) is 94.8 Å². The van der Waals surface area contributed by atoms with Crippen molar-refractivity contribution in [3.05, 3.63) is 46.5 Å². The zero-order valence-electron chi connectivity index (χ0n) is 13.6. The molecule has 3 N–H and O–H groups in total. The van der Waals surface area contributed by atoms with Gasteiger partial charge in [-0.3, -0.25) is 9.59 Å². The van der Waals surface area contributed by atoms with E-state index in [9.17, 15) is 14.7 Å². The van der Waals surface area contributed by atoms with E-state index in [1.807, 2.05) is 24.4 Å². The second kappa shape index (κ2) is 8.09. The third-order valence-electron chi connectivity index (χ3n) is 3.41. The minimum atomic E-state index is -1.52. The molecule has 0 aliphatic heterocycles. The maximum Gasteiger partial charge on any atom is 0.309 e. The summed E-state index contributed by atoms with van der Waals surface area (Å²) in [5.41, 5.74) is -1.52. The maximum absolute atomic E-state index is 11.9. The van der Waals surface area contributed by atoms with Gasteiger partial charge in [0.1, 0.15) is 5.76 Å². The highest BCUT2D eigenvalue weighted by atomic mass is 32.1. The number of likely N-dealkylation sites (N-methyl/N-ethyl adjacent to an activating group) is 1. The van der Waals surface area contributed by atoms with E-state index >= 15 is 0 Å². The van der Waals surface area contributed by atoms with Crippen LogP contribution in [0.3, 0.4) is 0 Å². The Hall–Kier alpha value is -2.16. The first kappa shape index (κ1) is 18.2. The van der Waals surface area contributed by atoms with Gasteiger partial charge in [-0.25, -0.2) is 0 Å². The summed E-state index contributed by atoms with van der Waals surface area (Å²) in [4.78, 5) is 26.2. The minimum absolute atomic E-state index is 0.166. The van der Waals surface area contributed by atoms with Crippen molar-refractivity contribution in [3.63, 3.8) is 0 Å². The first-order valence-electron chi connectivity index (χ1n) is 7.44. The molecule has 2 heterocycles. The van der Waals surface area contributed by atoms with Crippen LogP contribution in [0, 0.1) is 0 Å². The molecule has 2 rings (SSSR count). The van der Waals surface area contributed by atoms with Gasteiger partial charge in [-0.05, 0) is 37.7 Å². The molecule has 0 aliphatic rings. The maximum atomic E-state index is 11.9. The van der Waals surface area contributed by atoms with Gasteiger partial charge in [0.05, 0.1) is 12.8 Å². The Morgan fingerprint density at radius 3 is 2.58 bits per heavy atom. The van der Waals surface area contributed by atoms with Gasteiger partial charge in [-0.1, -0.05) is 6.07 Å². The van der Waals surface area contributed by atoms with Gasteiger partial charge in [0.15, 0.2) is 5.60 Å². The summed E-state index contributed by atoms with van der Waals surface area (Å²) in [5.74, 6) is -1.22. The van der Waals surface area contributed by atoms with Crippen LogP contribution in [0.25, 0.3) is 0 Å². The fraction of sp³-hybridized carbons (Fsp3) is 0.375. The van der Waals surface area contributed by atoms with Gasteiger partial charge in [-0.2, -0.15) is 0 Å². The predicted molar refractivity (Wildman–Crippen MR) is 90.6 cm³/mol. The van der Waals surface area contributed by atoms with Crippen LogP contribution in [0.15, 0.2) is 40.3 Å². The van der Waals surface area contributed by atoms with Crippen molar-refractivity contribution in [2.24, 2.45) is 0 Å². The van der Waals surface area contributed by atoms with Crippen LogP contribution in [0.2, 0.25) is 0 Å². The lowest BCUT2D eigenvalue weighted by Crippen LogP contribution is -2.47. The van der Waals surface area contributed by atoms with Crippen molar-refractivity contribution in [2.75, 3.05) is 33.7 Å². The number of amides is 2. The van der Waals surface area contributed by atoms with Crippen molar-refractivity contribution in [1.82, 2.24) is 15.5 Å². The molecule has 130 valence electrons. The Bertz CT molecular complexity index is 619. The smallest absolute Gasteiger partial charge is 0.309 e. The van der Waals surface area contributed by atoms with E-state index in [-0.39, 0.29) is 6.54 Å². The number of hydrogen-bond donors (Lipinski definition) is 3. The molecule has 2 amide bonds. The fourth-order valence-electron chi connectivity index (χ4n) is 2.09. The number of nitrogens with zero attached hydrogens (tertiary/aromatic N) is 1. The first-order chi connectivity index (χ1) is 11.4. The summed E-state index contributed by atoms with van der Waals surface area (Å²) in [6.07, 6.45) is 1.45. The highest BCUT2D eigenvalue weighted by molar-refractivity contribution is 7.10. The van der Waals surface area contributed by atoms with Crippen LogP contribution in [0.5, 0.6) is 0 Å². The number of carbonyl (C=O) groups excluding carboxylic acids is 2. The highest BCUT2D eigenvalue weighted by Crippen LogP contribution is 2.32. The van der Waals surface area contributed by atoms with E-state index < -0.39 is 17.4 Å². The van der Waals surface area contributed by atoms with Crippen LogP contribution in [-0.2, 0) is 15.2 Å². The zero-order chi connectivity index (χ0) is 17.6. The number of thiophene rings is 1. The monoisotopic (exact) mass is 351 g/mol. The molecule has 0 aromatic carbocycles. The number of aliphatic hydroxyl groups is 1. The molecule has 2 aromatic heterocycles. The van der Waals surface area contributed by atoms with Crippen LogP contribution < -0.4 is 10.6 Å². The van der Waals surface area contributed by atoms with Gasteiger partial charge in [0.25, 0.3) is 0 Å². The van der Waals surface area contributed by atoms with Crippen molar-refractivity contribution in [2.45, 2.75) is 5.60 Å². The summed E-state index contributed by atoms with van der Waals surface area (Å²) < 4.78 is 5.31. The number of rotatable bonds is 7. The molecule has 8 heteroatoms. The predicted octanol–water partition coefficient (Wildman–Crippen LogP) is 0.371. The van der Waals surface area contributed by atoms with Crippen molar-refractivity contribution in [1.29, 1.82) is 0 Å². The molecular weight excluding hydrogens is 330 g/mol. The number of furan rings is 1. The lowest BCUT2D eigenvalue weighted by molar-refractivity contribution is -0.139. The quantitative estimate of drug-likeness (QED) is 0.627. The summed E-state index contributed by atoms with van der Waals surface area (Å²) in [6, 6.07) is 6.83. The van der Waals surface area contributed by atoms with Crippen LogP contribution in [0.1, 0.15) is 10.6 Å². The van der Waals surface area contributed by atoms with Gasteiger partial charge in [0.2, 0.25) is 0 Å². The number of carbonyl (C=O) groups is 2. The Morgan fingerprint density at radius 1 is 1.25 bits per heavy atom. The van der Waals surface area contributed by atoms with Gasteiger partial charge in [-0.15, -0.1) is 11.3 Å². The van der Waals surface area contributed by atoms with Crippen molar-refractivity contribution >= 4 is 23.2 Å². The molecule has 0 fully saturated rings. The van der Waals surface area contributed by atoms with Crippen molar-refractivity contribution in [3.8, 4) is 0 Å². The summed E-state index contributed by atoms with van der Waals surface area (Å²) >= 11 is 1.34. The van der Waals surface area contributed by atoms with Crippen LogP contribution >= 0.6 is 11.3 Å². The van der Waals surface area contributed by atoms with E-state index in [0.29, 0.717) is 23.7 Å². The standard InChI is InChI=1S/C16H21N3O4S/c1-19(2)8-7-17-14(20)15(21)18-11-16(22,12-5-3-9-23-12)13-6-4-10-24-13/h3-6,9-10,22H,7-8,11H2,1-2H3,(H,17,20)(H,18,21). The summed E-state index contributed by atoms with van der Waals surface area (Å²) in [5, 5.41) is 17.8. The Kier molecular flexibility index (Phi) is 6.13. The van der Waals surface area contributed by atoms with E-state index in [4.69, 9.17) is 4.42 Å².